The molecule has 17 heavy (non-hydrogen) atoms. The lowest BCUT2D eigenvalue weighted by atomic mass is 10.2. The van der Waals surface area contributed by atoms with Crippen molar-refractivity contribution < 1.29 is 18.0 Å². The van der Waals surface area contributed by atoms with E-state index in [2.05, 4.69) is 4.98 Å². The van der Waals surface area contributed by atoms with Gasteiger partial charge in [-0.25, -0.2) is 0 Å². The van der Waals surface area contributed by atoms with Crippen LogP contribution in [0.5, 0.6) is 0 Å². The summed E-state index contributed by atoms with van der Waals surface area (Å²) in [5, 5.41) is 0. The van der Waals surface area contributed by atoms with E-state index in [0.717, 1.165) is 7.05 Å². The van der Waals surface area contributed by atoms with Crippen LogP contribution in [0.1, 0.15) is 16.1 Å². The monoisotopic (exact) mass is 248 g/mol. The Morgan fingerprint density at radius 1 is 1.41 bits per heavy atom. The molecule has 1 rings (SSSR count). The maximum atomic E-state index is 12.1. The van der Waals surface area contributed by atoms with Crippen LogP contribution < -0.4 is 5.56 Å². The number of nitrogens with one attached hydrogen (secondary N) is 1. The normalized spacial score (nSPS) is 11.4. The second kappa shape index (κ2) is 4.60. The number of hydrogen-bond donors (Lipinski definition) is 1. The van der Waals surface area contributed by atoms with Crippen molar-refractivity contribution in [3.8, 4) is 0 Å². The van der Waals surface area contributed by atoms with Gasteiger partial charge in [0.15, 0.2) is 0 Å². The SMILES string of the molecule is Cc1ccc(C(=O)N(C)CC(F)(F)F)c(=O)[nH]1. The summed E-state index contributed by atoms with van der Waals surface area (Å²) >= 11 is 0. The quantitative estimate of drug-likeness (QED) is 0.858. The predicted molar refractivity (Wildman–Crippen MR) is 54.8 cm³/mol. The Labute approximate surface area is 95.1 Å². The summed E-state index contributed by atoms with van der Waals surface area (Å²) in [6.45, 7) is 0.217. The maximum absolute atomic E-state index is 12.1. The van der Waals surface area contributed by atoms with Gasteiger partial charge in [-0.05, 0) is 19.1 Å². The minimum Gasteiger partial charge on any atom is -0.332 e. The number of aromatic amines is 1. The van der Waals surface area contributed by atoms with Crippen molar-refractivity contribution in [2.75, 3.05) is 13.6 Å². The Hall–Kier alpha value is -1.79. The van der Waals surface area contributed by atoms with E-state index in [1.807, 2.05) is 0 Å². The lowest BCUT2D eigenvalue weighted by Gasteiger charge is -2.18. The zero-order valence-corrected chi connectivity index (χ0v) is 9.26. The summed E-state index contributed by atoms with van der Waals surface area (Å²) in [5.41, 5.74) is -0.462. The summed E-state index contributed by atoms with van der Waals surface area (Å²) < 4.78 is 36.2. The summed E-state index contributed by atoms with van der Waals surface area (Å²) in [6, 6.07) is 2.67. The molecular formula is C10H11F3N2O2. The van der Waals surface area contributed by atoms with Gasteiger partial charge in [-0.1, -0.05) is 0 Å². The molecule has 0 atom stereocenters. The number of amides is 1. The van der Waals surface area contributed by atoms with Crippen molar-refractivity contribution in [1.82, 2.24) is 9.88 Å². The standard InChI is InChI=1S/C10H11F3N2O2/c1-6-3-4-7(8(16)14-6)9(17)15(2)5-10(11,12)13/h3-4H,5H2,1-2H3,(H,14,16). The van der Waals surface area contributed by atoms with Gasteiger partial charge < -0.3 is 9.88 Å². The molecule has 4 nitrogen and oxygen atoms in total. The summed E-state index contributed by atoms with van der Waals surface area (Å²) in [6.07, 6.45) is -4.48. The van der Waals surface area contributed by atoms with Crippen molar-refractivity contribution >= 4 is 5.91 Å². The Morgan fingerprint density at radius 3 is 2.47 bits per heavy atom. The molecule has 7 heteroatoms. The zero-order valence-electron chi connectivity index (χ0n) is 9.26. The zero-order chi connectivity index (χ0) is 13.2. The van der Waals surface area contributed by atoms with Gasteiger partial charge in [0.25, 0.3) is 11.5 Å². The van der Waals surface area contributed by atoms with Crippen LogP contribution in [0.3, 0.4) is 0 Å². The van der Waals surface area contributed by atoms with Crippen molar-refractivity contribution in [3.63, 3.8) is 0 Å². The molecule has 0 aliphatic carbocycles. The van der Waals surface area contributed by atoms with Crippen LogP contribution >= 0.6 is 0 Å². The van der Waals surface area contributed by atoms with Crippen molar-refractivity contribution in [1.29, 1.82) is 0 Å². The second-order valence-corrected chi connectivity index (χ2v) is 3.66. The van der Waals surface area contributed by atoms with Crippen LogP contribution in [0.4, 0.5) is 13.2 Å². The Bertz CT molecular complexity index is 479. The number of alkyl halides is 3. The topological polar surface area (TPSA) is 53.2 Å². The first-order valence-electron chi connectivity index (χ1n) is 4.73. The van der Waals surface area contributed by atoms with Crippen LogP contribution in [0.25, 0.3) is 0 Å². The fraction of sp³-hybridized carbons (Fsp3) is 0.400. The minimum atomic E-state index is -4.48. The smallest absolute Gasteiger partial charge is 0.332 e. The van der Waals surface area contributed by atoms with E-state index in [1.54, 1.807) is 6.92 Å². The molecule has 1 aromatic heterocycles. The van der Waals surface area contributed by atoms with Crippen molar-refractivity contribution in [3.05, 3.63) is 33.7 Å². The number of rotatable bonds is 2. The average molecular weight is 248 g/mol. The Balaban J connectivity index is 2.93. The summed E-state index contributed by atoms with van der Waals surface area (Å²) in [7, 11) is 0.995. The first-order chi connectivity index (χ1) is 7.70. The third-order valence-corrected chi connectivity index (χ3v) is 2.05. The number of aryl methyl sites for hydroxylation is 1. The fourth-order valence-electron chi connectivity index (χ4n) is 1.29. The van der Waals surface area contributed by atoms with Crippen LogP contribution in [0.15, 0.2) is 16.9 Å². The molecule has 0 radical (unpaired) electrons. The van der Waals surface area contributed by atoms with Gasteiger partial charge in [-0.3, -0.25) is 9.59 Å². The van der Waals surface area contributed by atoms with E-state index in [1.165, 1.54) is 12.1 Å². The van der Waals surface area contributed by atoms with Gasteiger partial charge in [0.05, 0.1) is 0 Å². The molecule has 0 saturated heterocycles. The van der Waals surface area contributed by atoms with Gasteiger partial charge in [0.1, 0.15) is 12.1 Å². The maximum Gasteiger partial charge on any atom is 0.406 e. The highest BCUT2D eigenvalue weighted by atomic mass is 19.4. The van der Waals surface area contributed by atoms with Gasteiger partial charge in [-0.15, -0.1) is 0 Å². The number of aromatic nitrogens is 1. The first kappa shape index (κ1) is 13.3. The van der Waals surface area contributed by atoms with E-state index in [-0.39, 0.29) is 5.56 Å². The molecular weight excluding hydrogens is 237 g/mol. The number of nitrogens with zero attached hydrogens (tertiary/aromatic N) is 1. The Morgan fingerprint density at radius 2 is 2.00 bits per heavy atom. The molecule has 94 valence electrons. The van der Waals surface area contributed by atoms with E-state index in [0.29, 0.717) is 10.6 Å². The average Bonchev–Trinajstić information content (AvgIpc) is 2.14. The van der Waals surface area contributed by atoms with E-state index >= 15 is 0 Å². The second-order valence-electron chi connectivity index (χ2n) is 3.66. The van der Waals surface area contributed by atoms with E-state index in [4.69, 9.17) is 0 Å². The van der Waals surface area contributed by atoms with E-state index in [9.17, 15) is 22.8 Å². The lowest BCUT2D eigenvalue weighted by molar-refractivity contribution is -0.138. The van der Waals surface area contributed by atoms with Gasteiger partial charge in [-0.2, -0.15) is 13.2 Å². The summed E-state index contributed by atoms with van der Waals surface area (Å²) in [5.74, 6) is -0.955. The molecule has 0 spiro atoms. The molecule has 0 aliphatic heterocycles. The number of halogens is 3. The number of carbonyl (C=O) groups excluding carboxylic acids is 1. The molecule has 0 fully saturated rings. The highest BCUT2D eigenvalue weighted by Crippen LogP contribution is 2.16. The Kier molecular flexibility index (Phi) is 3.59. The van der Waals surface area contributed by atoms with Crippen molar-refractivity contribution in [2.45, 2.75) is 13.1 Å². The minimum absolute atomic E-state index is 0.303. The predicted octanol–water partition coefficient (Wildman–Crippen LogP) is 1.32. The third-order valence-electron chi connectivity index (χ3n) is 2.05. The van der Waals surface area contributed by atoms with Crippen LogP contribution in [-0.4, -0.2) is 35.6 Å². The largest absolute Gasteiger partial charge is 0.406 e. The van der Waals surface area contributed by atoms with Crippen LogP contribution in [0, 0.1) is 6.92 Å². The molecule has 1 amide bonds. The molecule has 0 unspecified atom stereocenters. The van der Waals surface area contributed by atoms with Crippen molar-refractivity contribution in [2.24, 2.45) is 0 Å². The number of hydrogen-bond acceptors (Lipinski definition) is 2. The highest BCUT2D eigenvalue weighted by molar-refractivity contribution is 5.93. The number of carbonyl (C=O) groups is 1. The number of H-pyrrole nitrogens is 1. The summed E-state index contributed by atoms with van der Waals surface area (Å²) in [4.78, 5) is 25.7. The van der Waals surface area contributed by atoms with Crippen LogP contribution in [-0.2, 0) is 0 Å². The van der Waals surface area contributed by atoms with Gasteiger partial charge in [0.2, 0.25) is 0 Å². The first-order valence-corrected chi connectivity index (χ1v) is 4.73. The molecule has 1 N–H and O–H groups in total. The molecule has 0 saturated carbocycles. The number of pyridine rings is 1. The highest BCUT2D eigenvalue weighted by Gasteiger charge is 2.32. The fourth-order valence-corrected chi connectivity index (χ4v) is 1.29. The molecule has 1 aromatic rings. The molecule has 0 aromatic carbocycles. The third kappa shape index (κ3) is 3.61. The van der Waals surface area contributed by atoms with Crippen LogP contribution in [0.2, 0.25) is 0 Å². The molecule has 0 aliphatic rings. The molecule has 0 bridgehead atoms. The van der Waals surface area contributed by atoms with E-state index < -0.39 is 24.2 Å². The lowest BCUT2D eigenvalue weighted by Crippen LogP contribution is -2.38. The molecule has 1 heterocycles. The van der Waals surface area contributed by atoms with Gasteiger partial charge >= 0.3 is 6.18 Å². The van der Waals surface area contributed by atoms with Gasteiger partial charge in [0, 0.05) is 12.7 Å².